The summed E-state index contributed by atoms with van der Waals surface area (Å²) in [5, 5.41) is 14.7. The molecule has 0 radical (unpaired) electrons. The molecule has 0 aliphatic carbocycles. The molecule has 136 valence electrons. The number of hydrogen-bond acceptors (Lipinski definition) is 5. The summed E-state index contributed by atoms with van der Waals surface area (Å²) in [4.78, 5) is 25.7. The van der Waals surface area contributed by atoms with Gasteiger partial charge in [0, 0.05) is 5.69 Å². The first-order valence-corrected chi connectivity index (χ1v) is 8.05. The number of likely N-dealkylation sites (N-methyl/N-ethyl adjacent to an activating group) is 1. The van der Waals surface area contributed by atoms with E-state index in [9.17, 15) is 14.9 Å². The van der Waals surface area contributed by atoms with E-state index in [2.05, 4.69) is 16.7 Å². The van der Waals surface area contributed by atoms with Crippen molar-refractivity contribution in [3.05, 3.63) is 24.3 Å². The molecular weight excluding hydrogens is 320 g/mol. The van der Waals surface area contributed by atoms with Crippen LogP contribution in [-0.4, -0.2) is 49.5 Å². The smallest absolute Gasteiger partial charge is 0.238 e. The first-order chi connectivity index (χ1) is 11.7. The second-order valence-electron chi connectivity index (χ2n) is 6.47. The number of hydrogen-bond donors (Lipinski definition) is 2. The van der Waals surface area contributed by atoms with Gasteiger partial charge in [-0.3, -0.25) is 14.5 Å². The van der Waals surface area contributed by atoms with Crippen molar-refractivity contribution in [2.24, 2.45) is 5.92 Å². The van der Waals surface area contributed by atoms with Crippen LogP contribution in [-0.2, 0) is 9.59 Å². The van der Waals surface area contributed by atoms with E-state index in [1.54, 1.807) is 50.2 Å². The van der Waals surface area contributed by atoms with Crippen molar-refractivity contribution < 1.29 is 14.3 Å². The van der Waals surface area contributed by atoms with Gasteiger partial charge in [-0.2, -0.15) is 5.26 Å². The molecule has 1 rings (SSSR count). The fourth-order valence-electron chi connectivity index (χ4n) is 2.05. The van der Waals surface area contributed by atoms with Crippen LogP contribution in [0, 0.1) is 17.2 Å². The predicted octanol–water partition coefficient (Wildman–Crippen LogP) is 1.62. The van der Waals surface area contributed by atoms with Crippen molar-refractivity contribution in [3.8, 4) is 11.8 Å². The Bertz CT molecular complexity index is 637. The van der Waals surface area contributed by atoms with Crippen LogP contribution in [0.3, 0.4) is 0 Å². The van der Waals surface area contributed by atoms with E-state index < -0.39 is 5.54 Å². The summed E-state index contributed by atoms with van der Waals surface area (Å²) in [7, 11) is 3.25. The molecule has 0 fully saturated rings. The molecule has 0 saturated heterocycles. The van der Waals surface area contributed by atoms with E-state index in [0.29, 0.717) is 11.4 Å². The third-order valence-corrected chi connectivity index (χ3v) is 3.99. The minimum absolute atomic E-state index is 0.0230. The molecule has 0 unspecified atom stereocenters. The van der Waals surface area contributed by atoms with Crippen LogP contribution < -0.4 is 15.4 Å². The summed E-state index contributed by atoms with van der Waals surface area (Å²) in [5.41, 5.74) is -0.274. The Labute approximate surface area is 148 Å². The van der Waals surface area contributed by atoms with E-state index in [0.717, 1.165) is 0 Å². The number of nitrogens with zero attached hydrogens (tertiary/aromatic N) is 2. The molecule has 7 nitrogen and oxygen atoms in total. The Morgan fingerprint density at radius 1 is 1.24 bits per heavy atom. The average Bonchev–Trinajstić information content (AvgIpc) is 2.54. The van der Waals surface area contributed by atoms with Gasteiger partial charge in [-0.05, 0) is 44.2 Å². The van der Waals surface area contributed by atoms with Crippen LogP contribution in [0.25, 0.3) is 0 Å². The minimum atomic E-state index is -0.927. The summed E-state index contributed by atoms with van der Waals surface area (Å²) >= 11 is 0. The Morgan fingerprint density at radius 3 is 2.28 bits per heavy atom. The molecule has 0 heterocycles. The Morgan fingerprint density at radius 2 is 1.80 bits per heavy atom. The van der Waals surface area contributed by atoms with Gasteiger partial charge < -0.3 is 15.4 Å². The van der Waals surface area contributed by atoms with E-state index in [1.165, 1.54) is 0 Å². The highest BCUT2D eigenvalue weighted by atomic mass is 16.5. The number of rotatable bonds is 8. The summed E-state index contributed by atoms with van der Waals surface area (Å²) in [6, 6.07) is 9.11. The van der Waals surface area contributed by atoms with E-state index in [-0.39, 0.29) is 30.8 Å². The summed E-state index contributed by atoms with van der Waals surface area (Å²) in [6.07, 6.45) is 0. The zero-order valence-electron chi connectivity index (χ0n) is 15.4. The minimum Gasteiger partial charge on any atom is -0.497 e. The predicted molar refractivity (Wildman–Crippen MR) is 96.1 cm³/mol. The fraction of sp³-hybridized carbons (Fsp3) is 0.500. The molecule has 0 bridgehead atoms. The SMILES string of the molecule is COc1ccc(NC(=O)CN(C)CC(=O)N[C@@](C)(C#N)C(C)C)cc1. The molecule has 0 aliphatic heterocycles. The number of anilines is 1. The van der Waals surface area contributed by atoms with Gasteiger partial charge in [0.2, 0.25) is 11.8 Å². The van der Waals surface area contributed by atoms with Gasteiger partial charge in [-0.25, -0.2) is 0 Å². The lowest BCUT2D eigenvalue weighted by molar-refractivity contribution is -0.124. The van der Waals surface area contributed by atoms with E-state index in [1.807, 2.05) is 13.8 Å². The zero-order valence-corrected chi connectivity index (χ0v) is 15.4. The first kappa shape index (κ1) is 20.5. The third-order valence-electron chi connectivity index (χ3n) is 3.99. The molecule has 0 spiro atoms. The maximum Gasteiger partial charge on any atom is 0.238 e. The Hall–Kier alpha value is -2.59. The quantitative estimate of drug-likeness (QED) is 0.746. The molecular formula is C18H26N4O3. The first-order valence-electron chi connectivity index (χ1n) is 8.05. The van der Waals surface area contributed by atoms with Crippen LogP contribution in [0.15, 0.2) is 24.3 Å². The highest BCUT2D eigenvalue weighted by molar-refractivity contribution is 5.92. The number of ether oxygens (including phenoxy) is 1. The Kier molecular flexibility index (Phi) is 7.40. The summed E-state index contributed by atoms with van der Waals surface area (Å²) in [6.45, 7) is 5.52. The number of carbonyl (C=O) groups is 2. The van der Waals surface area contributed by atoms with Crippen molar-refractivity contribution in [1.82, 2.24) is 10.2 Å². The fourth-order valence-corrected chi connectivity index (χ4v) is 2.05. The molecule has 7 heteroatoms. The lowest BCUT2D eigenvalue weighted by Crippen LogP contribution is -2.51. The average molecular weight is 346 g/mol. The normalized spacial score (nSPS) is 13.0. The summed E-state index contributed by atoms with van der Waals surface area (Å²) in [5.74, 6) is 0.160. The van der Waals surface area contributed by atoms with E-state index in [4.69, 9.17) is 4.74 Å². The van der Waals surface area contributed by atoms with Crippen molar-refractivity contribution >= 4 is 17.5 Å². The maximum absolute atomic E-state index is 12.1. The van der Waals surface area contributed by atoms with Gasteiger partial charge in [0.25, 0.3) is 0 Å². The van der Waals surface area contributed by atoms with Crippen LogP contribution >= 0.6 is 0 Å². The van der Waals surface area contributed by atoms with Crippen molar-refractivity contribution in [1.29, 1.82) is 5.26 Å². The highest BCUT2D eigenvalue weighted by Gasteiger charge is 2.30. The maximum atomic E-state index is 12.1. The third kappa shape index (κ3) is 6.43. The lowest BCUT2D eigenvalue weighted by Gasteiger charge is -2.28. The number of amides is 2. The number of carbonyl (C=O) groups excluding carboxylic acids is 2. The Balaban J connectivity index is 2.49. The van der Waals surface area contributed by atoms with Crippen LogP contribution in [0.1, 0.15) is 20.8 Å². The van der Waals surface area contributed by atoms with Crippen LogP contribution in [0.4, 0.5) is 5.69 Å². The van der Waals surface area contributed by atoms with Crippen LogP contribution in [0.2, 0.25) is 0 Å². The number of nitriles is 1. The van der Waals surface area contributed by atoms with Gasteiger partial charge >= 0.3 is 0 Å². The number of methoxy groups -OCH3 is 1. The van der Waals surface area contributed by atoms with Crippen molar-refractivity contribution in [2.75, 3.05) is 32.6 Å². The lowest BCUT2D eigenvalue weighted by atomic mass is 9.90. The van der Waals surface area contributed by atoms with Crippen LogP contribution in [0.5, 0.6) is 5.75 Å². The van der Waals surface area contributed by atoms with Gasteiger partial charge in [-0.1, -0.05) is 13.8 Å². The summed E-state index contributed by atoms with van der Waals surface area (Å²) < 4.78 is 5.06. The molecule has 2 amide bonds. The van der Waals surface area contributed by atoms with Gasteiger partial charge in [-0.15, -0.1) is 0 Å². The molecule has 0 aliphatic rings. The molecule has 1 atom stereocenters. The van der Waals surface area contributed by atoms with Gasteiger partial charge in [0.15, 0.2) is 0 Å². The van der Waals surface area contributed by atoms with Gasteiger partial charge in [0.05, 0.1) is 26.3 Å². The van der Waals surface area contributed by atoms with Crippen molar-refractivity contribution in [2.45, 2.75) is 26.3 Å². The molecule has 0 saturated carbocycles. The topological polar surface area (TPSA) is 94.5 Å². The number of benzene rings is 1. The van der Waals surface area contributed by atoms with E-state index >= 15 is 0 Å². The van der Waals surface area contributed by atoms with Gasteiger partial charge in [0.1, 0.15) is 11.3 Å². The zero-order chi connectivity index (χ0) is 19.0. The largest absolute Gasteiger partial charge is 0.497 e. The number of nitrogens with one attached hydrogen (secondary N) is 2. The van der Waals surface area contributed by atoms with Crippen molar-refractivity contribution in [3.63, 3.8) is 0 Å². The second kappa shape index (κ2) is 9.04. The highest BCUT2D eigenvalue weighted by Crippen LogP contribution is 2.15. The standard InChI is InChI=1S/C18H26N4O3/c1-13(2)18(3,12-19)21-17(24)11-22(4)10-16(23)20-14-6-8-15(25-5)9-7-14/h6-9,13H,10-11H2,1-5H3,(H,20,23)(H,21,24)/t18-/m0/s1. The molecule has 25 heavy (non-hydrogen) atoms. The monoisotopic (exact) mass is 346 g/mol. The molecule has 2 N–H and O–H groups in total. The molecule has 1 aromatic rings. The molecule has 1 aromatic carbocycles. The second-order valence-corrected chi connectivity index (χ2v) is 6.47. The molecule has 0 aromatic heterocycles.